The summed E-state index contributed by atoms with van der Waals surface area (Å²) in [4.78, 5) is 8.75. The zero-order valence-electron chi connectivity index (χ0n) is 19.4. The van der Waals surface area contributed by atoms with E-state index in [1.165, 1.54) is 10.1 Å². The van der Waals surface area contributed by atoms with Crippen LogP contribution < -0.4 is 0 Å². The second kappa shape index (κ2) is 10.5. The molecular formula is C31H20IrN2OS-2. The summed E-state index contributed by atoms with van der Waals surface area (Å²) in [5, 5.41) is 5.59. The first-order valence-corrected chi connectivity index (χ1v) is 12.2. The Balaban J connectivity index is 0.000000175. The Morgan fingerprint density at radius 2 is 1.64 bits per heavy atom. The molecule has 0 amide bonds. The van der Waals surface area contributed by atoms with Gasteiger partial charge in [-0.15, -0.1) is 65.4 Å². The smallest absolute Gasteiger partial charge is 0.138 e. The summed E-state index contributed by atoms with van der Waals surface area (Å²) in [7, 11) is 0. The van der Waals surface area contributed by atoms with Gasteiger partial charge in [0.1, 0.15) is 5.58 Å². The van der Waals surface area contributed by atoms with Crippen molar-refractivity contribution < 1.29 is 24.5 Å². The molecule has 0 spiro atoms. The van der Waals surface area contributed by atoms with Gasteiger partial charge in [-0.3, -0.25) is 0 Å². The Hall–Kier alpha value is -3.63. The van der Waals surface area contributed by atoms with Crippen LogP contribution in [0.2, 0.25) is 0 Å². The number of aromatic nitrogens is 2. The topological polar surface area (TPSA) is 38.9 Å². The van der Waals surface area contributed by atoms with Crippen LogP contribution in [0.5, 0.6) is 0 Å². The van der Waals surface area contributed by atoms with Gasteiger partial charge in [0.05, 0.1) is 10.3 Å². The maximum atomic E-state index is 6.28. The summed E-state index contributed by atoms with van der Waals surface area (Å²) in [6, 6.07) is 34.6. The average molecular weight is 661 g/mol. The zero-order valence-corrected chi connectivity index (χ0v) is 22.6. The van der Waals surface area contributed by atoms with E-state index in [0.717, 1.165) is 50.0 Å². The SMILES string of the molecule is Cc1ccc(-c2[c-]ccc3c2oc2c3ccc3ccsc32)nc1.[Ir].[c-]1ccccc1-c1ccccn1. The van der Waals surface area contributed by atoms with Gasteiger partial charge in [-0.1, -0.05) is 47.3 Å². The Labute approximate surface area is 226 Å². The number of nitrogens with zero attached hydrogens (tertiary/aromatic N) is 2. The minimum atomic E-state index is 0. The number of benzene rings is 3. The minimum absolute atomic E-state index is 0. The molecule has 36 heavy (non-hydrogen) atoms. The van der Waals surface area contributed by atoms with Crippen molar-refractivity contribution in [2.75, 3.05) is 0 Å². The van der Waals surface area contributed by atoms with Gasteiger partial charge in [-0.05, 0) is 46.8 Å². The molecule has 0 unspecified atom stereocenters. The van der Waals surface area contributed by atoms with Gasteiger partial charge in [0.2, 0.25) is 0 Å². The van der Waals surface area contributed by atoms with Crippen molar-refractivity contribution in [3.8, 4) is 22.5 Å². The standard InChI is InChI=1S/C20H12NOS.C11H8N.Ir/c1-12-5-8-17(21-11-12)16-4-2-3-14-15-7-6-13-9-10-23-20(13)19(15)22-18(14)16;1-2-6-10(7-3-1)11-8-4-5-9-12-11;/h2-3,5-11H,1H3;1-6,8-9H;/q2*-1;. The third-order valence-electron chi connectivity index (χ3n) is 5.84. The average Bonchev–Trinajstić information content (AvgIpc) is 3.55. The van der Waals surface area contributed by atoms with E-state index >= 15 is 0 Å². The van der Waals surface area contributed by atoms with Crippen LogP contribution in [0.15, 0.2) is 107 Å². The molecule has 0 saturated heterocycles. The van der Waals surface area contributed by atoms with Gasteiger partial charge < -0.3 is 14.4 Å². The quantitative estimate of drug-likeness (QED) is 0.175. The fourth-order valence-electron chi connectivity index (χ4n) is 4.10. The number of furan rings is 1. The summed E-state index contributed by atoms with van der Waals surface area (Å²) < 4.78 is 7.47. The van der Waals surface area contributed by atoms with Crippen LogP contribution in [0.1, 0.15) is 5.56 Å². The van der Waals surface area contributed by atoms with E-state index in [2.05, 4.69) is 57.8 Å². The Morgan fingerprint density at radius 3 is 2.42 bits per heavy atom. The molecule has 0 saturated carbocycles. The number of rotatable bonds is 2. The number of aryl methyl sites for hydroxylation is 1. The first-order valence-electron chi connectivity index (χ1n) is 11.3. The second-order valence-corrected chi connectivity index (χ2v) is 9.11. The summed E-state index contributed by atoms with van der Waals surface area (Å²) in [5.74, 6) is 0. The van der Waals surface area contributed by atoms with E-state index in [1.54, 1.807) is 17.5 Å². The fraction of sp³-hybridized carbons (Fsp3) is 0.0323. The third-order valence-corrected chi connectivity index (χ3v) is 6.77. The predicted octanol–water partition coefficient (Wildman–Crippen LogP) is 8.52. The van der Waals surface area contributed by atoms with E-state index < -0.39 is 0 Å². The predicted molar refractivity (Wildman–Crippen MR) is 144 cm³/mol. The van der Waals surface area contributed by atoms with Gasteiger partial charge >= 0.3 is 0 Å². The molecule has 7 aromatic rings. The Bertz CT molecular complexity index is 1700. The molecule has 0 fully saturated rings. The van der Waals surface area contributed by atoms with Crippen LogP contribution in [0.3, 0.4) is 0 Å². The molecular weight excluding hydrogens is 641 g/mol. The van der Waals surface area contributed by atoms with Crippen molar-refractivity contribution >= 4 is 43.4 Å². The molecule has 0 bridgehead atoms. The van der Waals surface area contributed by atoms with Gasteiger partial charge in [0, 0.05) is 37.9 Å². The largest absolute Gasteiger partial charge is 0.499 e. The molecule has 0 aliphatic carbocycles. The second-order valence-electron chi connectivity index (χ2n) is 8.19. The van der Waals surface area contributed by atoms with Crippen LogP contribution in [0, 0.1) is 19.1 Å². The van der Waals surface area contributed by atoms with E-state index in [-0.39, 0.29) is 20.1 Å². The Kier molecular flexibility index (Phi) is 7.06. The molecule has 1 radical (unpaired) electrons. The van der Waals surface area contributed by atoms with Crippen molar-refractivity contribution in [2.24, 2.45) is 0 Å². The molecule has 0 N–H and O–H groups in total. The number of hydrogen-bond donors (Lipinski definition) is 0. The normalized spacial score (nSPS) is 10.7. The van der Waals surface area contributed by atoms with E-state index in [4.69, 9.17) is 4.42 Å². The van der Waals surface area contributed by atoms with Gasteiger partial charge in [0.15, 0.2) is 0 Å². The fourth-order valence-corrected chi connectivity index (χ4v) is 4.99. The van der Waals surface area contributed by atoms with Gasteiger partial charge in [0.25, 0.3) is 0 Å². The summed E-state index contributed by atoms with van der Waals surface area (Å²) in [6.45, 7) is 2.04. The first-order chi connectivity index (χ1) is 17.3. The molecule has 0 aliphatic heterocycles. The number of hydrogen-bond acceptors (Lipinski definition) is 4. The van der Waals surface area contributed by atoms with Crippen LogP contribution in [-0.2, 0) is 20.1 Å². The molecule has 0 atom stereocenters. The van der Waals surface area contributed by atoms with Crippen molar-refractivity contribution in [3.05, 3.63) is 120 Å². The van der Waals surface area contributed by atoms with Crippen molar-refractivity contribution in [3.63, 3.8) is 0 Å². The van der Waals surface area contributed by atoms with E-state index in [9.17, 15) is 0 Å². The monoisotopic (exact) mass is 661 g/mol. The molecule has 4 aromatic heterocycles. The molecule has 3 nitrogen and oxygen atoms in total. The van der Waals surface area contributed by atoms with Crippen LogP contribution in [-0.4, -0.2) is 9.97 Å². The first kappa shape index (κ1) is 24.1. The van der Waals surface area contributed by atoms with Gasteiger partial charge in [-0.2, -0.15) is 0 Å². The van der Waals surface area contributed by atoms with Crippen molar-refractivity contribution in [1.29, 1.82) is 0 Å². The summed E-state index contributed by atoms with van der Waals surface area (Å²) >= 11 is 1.72. The maximum Gasteiger partial charge on any atom is 0.138 e. The molecule has 7 rings (SSSR count). The van der Waals surface area contributed by atoms with Crippen molar-refractivity contribution in [2.45, 2.75) is 6.92 Å². The Morgan fingerprint density at radius 1 is 0.750 bits per heavy atom. The summed E-state index contributed by atoms with van der Waals surface area (Å²) in [6.07, 6.45) is 3.66. The molecule has 3 aromatic carbocycles. The number of thiophene rings is 1. The zero-order chi connectivity index (χ0) is 23.6. The third kappa shape index (κ3) is 4.61. The van der Waals surface area contributed by atoms with Gasteiger partial charge in [-0.25, -0.2) is 0 Å². The van der Waals surface area contributed by atoms with Crippen LogP contribution in [0.4, 0.5) is 0 Å². The van der Waals surface area contributed by atoms with Crippen molar-refractivity contribution in [1.82, 2.24) is 9.97 Å². The molecule has 177 valence electrons. The molecule has 5 heteroatoms. The minimum Gasteiger partial charge on any atom is -0.499 e. The molecule has 0 aliphatic rings. The maximum absolute atomic E-state index is 6.28. The summed E-state index contributed by atoms with van der Waals surface area (Å²) in [5.41, 5.74) is 6.79. The van der Waals surface area contributed by atoms with E-state index in [0.29, 0.717) is 0 Å². The van der Waals surface area contributed by atoms with E-state index in [1.807, 2.05) is 67.7 Å². The molecule has 4 heterocycles. The van der Waals surface area contributed by atoms with Crippen LogP contribution in [0.25, 0.3) is 54.5 Å². The number of fused-ring (bicyclic) bond motifs is 5. The number of pyridine rings is 2. The van der Waals surface area contributed by atoms with Crippen LogP contribution >= 0.6 is 11.3 Å².